The fourth-order valence-corrected chi connectivity index (χ4v) is 2.69. The first kappa shape index (κ1) is 22.3. The van der Waals surface area contributed by atoms with Crippen molar-refractivity contribution in [3.05, 3.63) is 18.7 Å². The second kappa shape index (κ2) is 13.7. The zero-order valence-electron chi connectivity index (χ0n) is 15.1. The van der Waals surface area contributed by atoms with E-state index < -0.39 is 7.82 Å². The van der Waals surface area contributed by atoms with Crippen molar-refractivity contribution in [1.82, 2.24) is 4.57 Å². The van der Waals surface area contributed by atoms with Gasteiger partial charge < -0.3 is 13.9 Å². The summed E-state index contributed by atoms with van der Waals surface area (Å²) in [6, 6.07) is 0. The summed E-state index contributed by atoms with van der Waals surface area (Å²) in [5.41, 5.74) is 0. The smallest absolute Gasteiger partial charge is 0.267 e. The van der Waals surface area contributed by atoms with Crippen LogP contribution in [-0.4, -0.2) is 17.8 Å². The number of hydrogen-bond donors (Lipinski definition) is 0. The molecule has 23 heavy (non-hydrogen) atoms. The third kappa shape index (κ3) is 13.5. The summed E-state index contributed by atoms with van der Waals surface area (Å²) < 4.78 is 24.0. The van der Waals surface area contributed by atoms with Gasteiger partial charge in [0.1, 0.15) is 12.4 Å². The Morgan fingerprint density at radius 2 is 1.65 bits per heavy atom. The van der Waals surface area contributed by atoms with Gasteiger partial charge in [0.2, 0.25) is 6.33 Å². The van der Waals surface area contributed by atoms with Gasteiger partial charge in [-0.2, -0.15) is 0 Å². The second-order valence-electron chi connectivity index (χ2n) is 5.49. The molecule has 6 nitrogen and oxygen atoms in total. The van der Waals surface area contributed by atoms with Gasteiger partial charge in [-0.3, -0.25) is 4.57 Å². The fourth-order valence-electron chi connectivity index (χ4n) is 1.80. The Kier molecular flexibility index (Phi) is 13.3. The van der Waals surface area contributed by atoms with Crippen LogP contribution in [0.5, 0.6) is 0 Å². The van der Waals surface area contributed by atoms with Gasteiger partial charge in [-0.25, -0.2) is 9.13 Å². The first-order valence-electron chi connectivity index (χ1n) is 8.56. The Bertz CT molecular complexity index is 425. The molecular formula is C16H33N2O4P. The second-order valence-corrected chi connectivity index (χ2v) is 6.90. The summed E-state index contributed by atoms with van der Waals surface area (Å²) >= 11 is 0. The number of hydrogen-bond acceptors (Lipinski definition) is 4. The minimum atomic E-state index is -3.98. The summed E-state index contributed by atoms with van der Waals surface area (Å²) in [6.07, 6.45) is 13.0. The first-order chi connectivity index (χ1) is 10.9. The van der Waals surface area contributed by atoms with Gasteiger partial charge in [0.15, 0.2) is 0 Å². The van der Waals surface area contributed by atoms with Gasteiger partial charge in [-0.1, -0.05) is 33.6 Å². The quantitative estimate of drug-likeness (QED) is 0.350. The Labute approximate surface area is 141 Å². The average Bonchev–Trinajstić information content (AvgIpc) is 2.94. The molecule has 0 aromatic carbocycles. The van der Waals surface area contributed by atoms with Gasteiger partial charge >= 0.3 is 0 Å². The Hall–Kier alpha value is -0.680. The number of imidazole rings is 1. The van der Waals surface area contributed by atoms with Crippen molar-refractivity contribution < 1.29 is 23.1 Å². The average molecular weight is 348 g/mol. The van der Waals surface area contributed by atoms with E-state index in [-0.39, 0.29) is 13.2 Å². The molecule has 0 radical (unpaired) electrons. The molecule has 136 valence electrons. The fraction of sp³-hybridized carbons (Fsp3) is 0.812. The third-order valence-electron chi connectivity index (χ3n) is 3.00. The summed E-state index contributed by atoms with van der Waals surface area (Å²) in [6.45, 7) is 7.48. The SMILES string of the molecule is CCCCCC[n+]1ccn(C)c1.CCCOP(=O)([O-])OCCC. The largest absolute Gasteiger partial charge is 0.756 e. The molecule has 7 heteroatoms. The van der Waals surface area contributed by atoms with Crippen LogP contribution in [0.4, 0.5) is 0 Å². The highest BCUT2D eigenvalue weighted by Gasteiger charge is 2.06. The van der Waals surface area contributed by atoms with Crippen molar-refractivity contribution in [3.63, 3.8) is 0 Å². The molecule has 0 amide bonds. The van der Waals surface area contributed by atoms with Crippen LogP contribution in [0.2, 0.25) is 0 Å². The maximum absolute atomic E-state index is 10.7. The van der Waals surface area contributed by atoms with E-state index in [4.69, 9.17) is 0 Å². The molecule has 0 spiro atoms. The van der Waals surface area contributed by atoms with Crippen molar-refractivity contribution in [2.24, 2.45) is 7.05 Å². The molecule has 0 aliphatic rings. The standard InChI is InChI=1S/C10H19N2.C6H15O4P/c1-3-4-5-6-7-12-9-8-11(2)10-12;1-3-5-9-11(7,8)10-6-4-2/h8-10H,3-7H2,1-2H3;3-6H2,1-2H3,(H,7,8)/q+1;/p-1. The topological polar surface area (TPSA) is 67.4 Å². The first-order valence-corrected chi connectivity index (χ1v) is 10.0. The van der Waals surface area contributed by atoms with Crippen LogP contribution < -0.4 is 9.46 Å². The Balaban J connectivity index is 0.000000423. The van der Waals surface area contributed by atoms with E-state index in [1.54, 1.807) is 0 Å². The summed E-state index contributed by atoms with van der Waals surface area (Å²) in [5, 5.41) is 0. The number of phosphoric ester groups is 1. The lowest BCUT2D eigenvalue weighted by atomic mass is 10.2. The van der Waals surface area contributed by atoms with Crippen molar-refractivity contribution in [1.29, 1.82) is 0 Å². The predicted molar refractivity (Wildman–Crippen MR) is 89.8 cm³/mol. The molecule has 0 aliphatic carbocycles. The van der Waals surface area contributed by atoms with E-state index in [2.05, 4.69) is 50.9 Å². The molecule has 0 aliphatic heterocycles. The van der Waals surface area contributed by atoms with E-state index in [0.29, 0.717) is 12.8 Å². The van der Waals surface area contributed by atoms with E-state index in [9.17, 15) is 9.46 Å². The Morgan fingerprint density at radius 3 is 2.09 bits per heavy atom. The molecule has 0 N–H and O–H groups in total. The van der Waals surface area contributed by atoms with Gasteiger partial charge in [0.05, 0.1) is 26.8 Å². The zero-order valence-corrected chi connectivity index (χ0v) is 16.0. The van der Waals surface area contributed by atoms with Crippen molar-refractivity contribution >= 4 is 7.82 Å². The van der Waals surface area contributed by atoms with Gasteiger partial charge in [-0.05, 0) is 25.7 Å². The molecule has 0 atom stereocenters. The molecule has 0 saturated heterocycles. The summed E-state index contributed by atoms with van der Waals surface area (Å²) in [5.74, 6) is 0. The molecule has 0 saturated carbocycles. The highest BCUT2D eigenvalue weighted by Crippen LogP contribution is 2.38. The molecule has 0 bridgehead atoms. The van der Waals surface area contributed by atoms with Crippen LogP contribution in [0.25, 0.3) is 0 Å². The van der Waals surface area contributed by atoms with E-state index in [1.807, 2.05) is 13.8 Å². The monoisotopic (exact) mass is 348 g/mol. The van der Waals surface area contributed by atoms with Crippen molar-refractivity contribution in [3.8, 4) is 0 Å². The van der Waals surface area contributed by atoms with Gasteiger partial charge in [0.25, 0.3) is 7.82 Å². The van der Waals surface area contributed by atoms with Crippen molar-refractivity contribution in [2.75, 3.05) is 13.2 Å². The predicted octanol–water partition coefficient (Wildman–Crippen LogP) is 3.20. The molecule has 1 aromatic rings. The molecular weight excluding hydrogens is 315 g/mol. The number of phosphoric acid groups is 1. The van der Waals surface area contributed by atoms with Crippen LogP contribution in [0.3, 0.4) is 0 Å². The summed E-state index contributed by atoms with van der Waals surface area (Å²) in [4.78, 5) is 10.7. The van der Waals surface area contributed by atoms with Crippen molar-refractivity contribution in [2.45, 2.75) is 65.8 Å². The molecule has 0 unspecified atom stereocenters. The maximum Gasteiger partial charge on any atom is 0.267 e. The third-order valence-corrected chi connectivity index (χ3v) is 4.00. The highest BCUT2D eigenvalue weighted by molar-refractivity contribution is 7.45. The number of nitrogens with zero attached hydrogens (tertiary/aromatic N) is 2. The van der Waals surface area contributed by atoms with Crippen LogP contribution in [0.15, 0.2) is 18.7 Å². The number of aromatic nitrogens is 2. The van der Waals surface area contributed by atoms with Crippen LogP contribution >= 0.6 is 7.82 Å². The molecule has 0 fully saturated rings. The van der Waals surface area contributed by atoms with Gasteiger partial charge in [-0.15, -0.1) is 0 Å². The minimum Gasteiger partial charge on any atom is -0.756 e. The number of aryl methyl sites for hydroxylation is 2. The van der Waals surface area contributed by atoms with E-state index >= 15 is 0 Å². The van der Waals surface area contributed by atoms with E-state index in [0.717, 1.165) is 0 Å². The normalized spacial score (nSPS) is 11.2. The minimum absolute atomic E-state index is 0.199. The number of rotatable bonds is 11. The zero-order chi connectivity index (χ0) is 17.6. The van der Waals surface area contributed by atoms with Gasteiger partial charge in [0, 0.05) is 0 Å². The maximum atomic E-state index is 10.7. The highest BCUT2D eigenvalue weighted by atomic mass is 31.2. The molecule has 1 aromatic heterocycles. The van der Waals surface area contributed by atoms with E-state index in [1.165, 1.54) is 32.2 Å². The lowest BCUT2D eigenvalue weighted by Gasteiger charge is -2.21. The molecule has 1 heterocycles. The number of unbranched alkanes of at least 4 members (excludes halogenated alkanes) is 3. The lowest BCUT2D eigenvalue weighted by Crippen LogP contribution is -2.30. The summed E-state index contributed by atoms with van der Waals surface area (Å²) in [7, 11) is -1.92. The van der Waals surface area contributed by atoms with Crippen LogP contribution in [0, 0.1) is 0 Å². The molecule has 1 rings (SSSR count). The lowest BCUT2D eigenvalue weighted by molar-refractivity contribution is -0.696. The Morgan fingerprint density at radius 1 is 1.04 bits per heavy atom. The van der Waals surface area contributed by atoms with Crippen LogP contribution in [0.1, 0.15) is 59.3 Å². The van der Waals surface area contributed by atoms with Crippen LogP contribution in [-0.2, 0) is 27.2 Å².